The van der Waals surface area contributed by atoms with Crippen molar-refractivity contribution in [1.29, 1.82) is 0 Å². The summed E-state index contributed by atoms with van der Waals surface area (Å²) in [4.78, 5) is 18.6. The monoisotopic (exact) mass is 243 g/mol. The van der Waals surface area contributed by atoms with Crippen molar-refractivity contribution >= 4 is 11.8 Å². The van der Waals surface area contributed by atoms with Gasteiger partial charge in [0.05, 0.1) is 0 Å². The number of hydrogen-bond acceptors (Lipinski definition) is 4. The Labute approximate surface area is 105 Å². The van der Waals surface area contributed by atoms with E-state index in [0.717, 1.165) is 6.42 Å². The average Bonchev–Trinajstić information content (AvgIpc) is 2.40. The largest absolute Gasteiger partial charge is 0.477 e. The average molecular weight is 243 g/mol. The molecule has 1 aromatic carbocycles. The normalized spacial score (nSPS) is 10.0. The highest BCUT2D eigenvalue weighted by molar-refractivity contribution is 5.92. The molecular formula is C13H13N3O2. The van der Waals surface area contributed by atoms with Crippen molar-refractivity contribution in [1.82, 2.24) is 9.97 Å². The van der Waals surface area contributed by atoms with Crippen molar-refractivity contribution in [3.63, 3.8) is 0 Å². The second kappa shape index (κ2) is 5.77. The van der Waals surface area contributed by atoms with Crippen molar-refractivity contribution in [3.8, 4) is 0 Å². The number of rotatable bonds is 5. The summed E-state index contributed by atoms with van der Waals surface area (Å²) in [6, 6.07) is 9.97. The van der Waals surface area contributed by atoms with Gasteiger partial charge in [0.25, 0.3) is 0 Å². The molecule has 0 fully saturated rings. The van der Waals surface area contributed by atoms with Crippen LogP contribution in [-0.4, -0.2) is 27.6 Å². The van der Waals surface area contributed by atoms with Crippen molar-refractivity contribution in [2.75, 3.05) is 11.9 Å². The van der Waals surface area contributed by atoms with E-state index >= 15 is 0 Å². The van der Waals surface area contributed by atoms with E-state index in [1.807, 2.05) is 30.3 Å². The van der Waals surface area contributed by atoms with Crippen LogP contribution in [0.15, 0.2) is 42.9 Å². The van der Waals surface area contributed by atoms with Gasteiger partial charge in [0.1, 0.15) is 17.7 Å². The quantitative estimate of drug-likeness (QED) is 0.838. The summed E-state index contributed by atoms with van der Waals surface area (Å²) in [6.07, 6.45) is 3.43. The number of nitrogens with one attached hydrogen (secondary N) is 1. The van der Waals surface area contributed by atoms with Crippen LogP contribution in [0.25, 0.3) is 0 Å². The lowest BCUT2D eigenvalue weighted by Gasteiger charge is -2.07. The molecular weight excluding hydrogens is 230 g/mol. The molecule has 2 aromatic rings. The maximum Gasteiger partial charge on any atom is 0.341 e. The van der Waals surface area contributed by atoms with Crippen molar-refractivity contribution in [3.05, 3.63) is 54.0 Å². The fourth-order valence-corrected chi connectivity index (χ4v) is 1.60. The Balaban J connectivity index is 1.97. The molecule has 0 saturated carbocycles. The third kappa shape index (κ3) is 3.04. The van der Waals surface area contributed by atoms with Gasteiger partial charge in [0.15, 0.2) is 0 Å². The molecule has 0 amide bonds. The molecule has 2 N–H and O–H groups in total. The highest BCUT2D eigenvalue weighted by atomic mass is 16.4. The summed E-state index contributed by atoms with van der Waals surface area (Å²) in [5.41, 5.74) is 1.28. The first-order valence-corrected chi connectivity index (χ1v) is 5.58. The third-order valence-corrected chi connectivity index (χ3v) is 2.49. The zero-order valence-corrected chi connectivity index (χ0v) is 9.71. The smallest absolute Gasteiger partial charge is 0.341 e. The van der Waals surface area contributed by atoms with Crippen LogP contribution in [0.2, 0.25) is 0 Å². The molecule has 0 unspecified atom stereocenters. The van der Waals surface area contributed by atoms with Crippen molar-refractivity contribution in [2.24, 2.45) is 0 Å². The number of aromatic nitrogens is 2. The number of hydrogen-bond donors (Lipinski definition) is 2. The first kappa shape index (κ1) is 12.0. The maximum atomic E-state index is 10.9. The van der Waals surface area contributed by atoms with Crippen LogP contribution in [0.3, 0.4) is 0 Å². The minimum atomic E-state index is -1.03. The van der Waals surface area contributed by atoms with E-state index in [0.29, 0.717) is 12.4 Å². The van der Waals surface area contributed by atoms with E-state index in [1.165, 1.54) is 18.1 Å². The fraction of sp³-hybridized carbons (Fsp3) is 0.154. The molecule has 92 valence electrons. The molecule has 0 saturated heterocycles. The van der Waals surface area contributed by atoms with Gasteiger partial charge >= 0.3 is 5.97 Å². The van der Waals surface area contributed by atoms with Gasteiger partial charge in [0.2, 0.25) is 0 Å². The Morgan fingerprint density at radius 2 is 2.06 bits per heavy atom. The molecule has 5 nitrogen and oxygen atoms in total. The van der Waals surface area contributed by atoms with Crippen LogP contribution < -0.4 is 5.32 Å². The Morgan fingerprint density at radius 3 is 2.78 bits per heavy atom. The number of nitrogens with zero attached hydrogens (tertiary/aromatic N) is 2. The van der Waals surface area contributed by atoms with E-state index in [-0.39, 0.29) is 5.56 Å². The second-order valence-electron chi connectivity index (χ2n) is 3.75. The summed E-state index contributed by atoms with van der Waals surface area (Å²) in [5.74, 6) is -0.675. The predicted octanol–water partition coefficient (Wildman–Crippen LogP) is 1.83. The van der Waals surface area contributed by atoms with E-state index in [2.05, 4.69) is 15.3 Å². The number of carbonyl (C=O) groups is 1. The maximum absolute atomic E-state index is 10.9. The summed E-state index contributed by atoms with van der Waals surface area (Å²) in [6.45, 7) is 0.626. The lowest BCUT2D eigenvalue weighted by atomic mass is 10.1. The molecule has 0 spiro atoms. The van der Waals surface area contributed by atoms with E-state index < -0.39 is 5.97 Å². The minimum Gasteiger partial charge on any atom is -0.477 e. The molecule has 0 radical (unpaired) electrons. The molecule has 0 bridgehead atoms. The number of anilines is 1. The van der Waals surface area contributed by atoms with Gasteiger partial charge in [-0.3, -0.25) is 0 Å². The zero-order chi connectivity index (χ0) is 12.8. The summed E-state index contributed by atoms with van der Waals surface area (Å²) in [5, 5.41) is 12.0. The summed E-state index contributed by atoms with van der Waals surface area (Å²) < 4.78 is 0. The Morgan fingerprint density at radius 1 is 1.28 bits per heavy atom. The summed E-state index contributed by atoms with van der Waals surface area (Å²) >= 11 is 0. The fourth-order valence-electron chi connectivity index (χ4n) is 1.60. The van der Waals surface area contributed by atoms with Crippen LogP contribution >= 0.6 is 0 Å². The molecule has 0 aliphatic heterocycles. The molecule has 0 atom stereocenters. The van der Waals surface area contributed by atoms with E-state index in [4.69, 9.17) is 5.11 Å². The van der Waals surface area contributed by atoms with Crippen LogP contribution in [0.1, 0.15) is 15.9 Å². The Bertz CT molecular complexity index is 529. The zero-order valence-electron chi connectivity index (χ0n) is 9.71. The lowest BCUT2D eigenvalue weighted by molar-refractivity contribution is 0.0697. The third-order valence-electron chi connectivity index (χ3n) is 2.49. The van der Waals surface area contributed by atoms with Gasteiger partial charge in [-0.1, -0.05) is 30.3 Å². The van der Waals surface area contributed by atoms with Crippen molar-refractivity contribution in [2.45, 2.75) is 6.42 Å². The molecule has 0 aliphatic rings. The Kier molecular flexibility index (Phi) is 3.86. The van der Waals surface area contributed by atoms with Gasteiger partial charge in [-0.2, -0.15) is 0 Å². The van der Waals surface area contributed by atoms with E-state index in [1.54, 1.807) is 0 Å². The number of carboxylic acids is 1. The van der Waals surface area contributed by atoms with E-state index in [9.17, 15) is 4.79 Å². The standard InChI is InChI=1S/C13H13N3O2/c17-13(18)11-8-14-9-16-12(11)15-7-6-10-4-2-1-3-5-10/h1-5,8-9H,6-7H2,(H,17,18)(H,14,15,16). The molecule has 5 heteroatoms. The highest BCUT2D eigenvalue weighted by Gasteiger charge is 2.10. The molecule has 18 heavy (non-hydrogen) atoms. The molecule has 1 heterocycles. The molecule has 0 aliphatic carbocycles. The van der Waals surface area contributed by atoms with Crippen LogP contribution in [-0.2, 0) is 6.42 Å². The first-order chi connectivity index (χ1) is 8.77. The number of aromatic carboxylic acids is 1. The van der Waals surface area contributed by atoms with Crippen molar-refractivity contribution < 1.29 is 9.90 Å². The van der Waals surface area contributed by atoms with Crippen LogP contribution in [0, 0.1) is 0 Å². The molecule has 2 rings (SSSR count). The highest BCUT2D eigenvalue weighted by Crippen LogP contribution is 2.10. The lowest BCUT2D eigenvalue weighted by Crippen LogP contribution is -2.11. The first-order valence-electron chi connectivity index (χ1n) is 5.58. The Hall–Kier alpha value is -2.43. The van der Waals surface area contributed by atoms with Gasteiger partial charge in [-0.05, 0) is 12.0 Å². The molecule has 1 aromatic heterocycles. The SMILES string of the molecule is O=C(O)c1cncnc1NCCc1ccccc1. The van der Waals surface area contributed by atoms with Gasteiger partial charge < -0.3 is 10.4 Å². The van der Waals surface area contributed by atoms with Crippen LogP contribution in [0.4, 0.5) is 5.82 Å². The topological polar surface area (TPSA) is 75.1 Å². The predicted molar refractivity (Wildman–Crippen MR) is 67.6 cm³/mol. The minimum absolute atomic E-state index is 0.0885. The van der Waals surface area contributed by atoms with Gasteiger partial charge in [-0.25, -0.2) is 14.8 Å². The van der Waals surface area contributed by atoms with Gasteiger partial charge in [0, 0.05) is 12.7 Å². The summed E-state index contributed by atoms with van der Waals surface area (Å²) in [7, 11) is 0. The number of carboxylic acid groups (broad SMARTS) is 1. The van der Waals surface area contributed by atoms with Gasteiger partial charge in [-0.15, -0.1) is 0 Å². The number of benzene rings is 1. The second-order valence-corrected chi connectivity index (χ2v) is 3.75. The van der Waals surface area contributed by atoms with Crippen LogP contribution in [0.5, 0.6) is 0 Å².